The molecule has 128 valence electrons. The minimum atomic E-state index is -3.67. The van der Waals surface area contributed by atoms with Crippen molar-refractivity contribution in [3.8, 4) is 5.75 Å². The van der Waals surface area contributed by atoms with Gasteiger partial charge in [0.05, 0.1) is 19.7 Å². The molecule has 0 spiro atoms. The van der Waals surface area contributed by atoms with Crippen LogP contribution < -0.4 is 10.1 Å². The van der Waals surface area contributed by atoms with Crippen LogP contribution in [0.25, 0.3) is 11.2 Å². The van der Waals surface area contributed by atoms with Crippen LogP contribution in [0.5, 0.6) is 5.75 Å². The highest BCUT2D eigenvalue weighted by molar-refractivity contribution is 7.85. The van der Waals surface area contributed by atoms with Crippen LogP contribution in [-0.2, 0) is 16.7 Å². The maximum atomic E-state index is 9.19. The molecule has 0 aliphatic heterocycles. The molecule has 0 amide bonds. The van der Waals surface area contributed by atoms with Gasteiger partial charge in [-0.15, -0.1) is 0 Å². The van der Waals surface area contributed by atoms with Gasteiger partial charge in [-0.1, -0.05) is 12.1 Å². The lowest BCUT2D eigenvalue weighted by molar-refractivity contribution is 0.414. The number of hydrogen-bond donors (Lipinski definition) is 3. The average Bonchev–Trinajstić information content (AvgIpc) is 3.01. The Bertz CT molecular complexity index is 885. The van der Waals surface area contributed by atoms with E-state index in [1.807, 2.05) is 24.3 Å². The van der Waals surface area contributed by atoms with Crippen molar-refractivity contribution in [2.75, 3.05) is 18.7 Å². The maximum absolute atomic E-state index is 9.19. The number of nitrogens with zero attached hydrogens (tertiary/aromatic N) is 3. The summed E-state index contributed by atoms with van der Waals surface area (Å²) in [5.74, 6) is 1.60. The summed E-state index contributed by atoms with van der Waals surface area (Å²) in [6, 6.07) is 7.89. The van der Waals surface area contributed by atoms with Gasteiger partial charge < -0.3 is 15.0 Å². The molecule has 1 aromatic carbocycles. The number of anilines is 1. The number of ether oxygens (including phenoxy) is 1. The Labute approximate surface area is 138 Å². The van der Waals surface area contributed by atoms with Gasteiger partial charge in [-0.2, -0.15) is 8.42 Å². The number of rotatable bonds is 4. The van der Waals surface area contributed by atoms with Gasteiger partial charge in [0.2, 0.25) is 0 Å². The number of H-pyrrole nitrogens is 1. The van der Waals surface area contributed by atoms with E-state index in [1.54, 1.807) is 13.4 Å². The second-order valence-corrected chi connectivity index (χ2v) is 6.22. The van der Waals surface area contributed by atoms with Gasteiger partial charge in [0.25, 0.3) is 10.1 Å². The summed E-state index contributed by atoms with van der Waals surface area (Å²) >= 11 is 0. The number of benzene rings is 1. The number of aromatic nitrogens is 4. The highest BCUT2D eigenvalue weighted by atomic mass is 32.2. The van der Waals surface area contributed by atoms with E-state index in [9.17, 15) is 8.42 Å². The Kier molecular flexibility index (Phi) is 5.66. The number of methoxy groups -OCH3 is 1. The van der Waals surface area contributed by atoms with E-state index in [1.165, 1.54) is 6.33 Å². The van der Waals surface area contributed by atoms with E-state index < -0.39 is 10.1 Å². The summed E-state index contributed by atoms with van der Waals surface area (Å²) in [5, 5.41) is 3.26. The van der Waals surface area contributed by atoms with Gasteiger partial charge in [0.15, 0.2) is 11.5 Å². The third kappa shape index (κ3) is 5.48. The standard InChI is InChI=1S/C13H13N5O.CH4O3S/c1-19-10-4-2-9(3-5-10)6-14-12-11-13(16-7-15-11)18-8-17-12;1-5(2,3)4/h2-5,7-8H,6H2,1H3,(H2,14,15,16,17,18);1H3,(H,2,3,4). The van der Waals surface area contributed by atoms with Crippen LogP contribution in [0.2, 0.25) is 0 Å². The van der Waals surface area contributed by atoms with Crippen LogP contribution in [0.1, 0.15) is 5.56 Å². The number of imidazole rings is 1. The molecule has 3 rings (SSSR count). The van der Waals surface area contributed by atoms with Gasteiger partial charge in [0.1, 0.15) is 17.6 Å². The van der Waals surface area contributed by atoms with Crippen molar-refractivity contribution < 1.29 is 17.7 Å². The molecule has 0 saturated carbocycles. The van der Waals surface area contributed by atoms with Crippen molar-refractivity contribution in [1.82, 2.24) is 19.9 Å². The molecule has 0 atom stereocenters. The van der Waals surface area contributed by atoms with Crippen LogP contribution in [-0.4, -0.2) is 46.3 Å². The molecule has 2 heterocycles. The summed E-state index contributed by atoms with van der Waals surface area (Å²) in [7, 11) is -2.01. The van der Waals surface area contributed by atoms with Crippen LogP contribution >= 0.6 is 0 Å². The predicted molar refractivity (Wildman–Crippen MR) is 89.5 cm³/mol. The quantitative estimate of drug-likeness (QED) is 0.603. The van der Waals surface area contributed by atoms with Crippen molar-refractivity contribution in [3.63, 3.8) is 0 Å². The van der Waals surface area contributed by atoms with Crippen molar-refractivity contribution in [1.29, 1.82) is 0 Å². The first-order valence-electron chi connectivity index (χ1n) is 6.80. The van der Waals surface area contributed by atoms with E-state index in [0.29, 0.717) is 18.4 Å². The van der Waals surface area contributed by atoms with Crippen molar-refractivity contribution in [2.24, 2.45) is 0 Å². The minimum Gasteiger partial charge on any atom is -0.497 e. The van der Waals surface area contributed by atoms with Gasteiger partial charge in [0, 0.05) is 6.54 Å². The third-order valence-electron chi connectivity index (χ3n) is 2.84. The summed E-state index contributed by atoms with van der Waals surface area (Å²) in [4.78, 5) is 15.4. The zero-order valence-corrected chi connectivity index (χ0v) is 13.9. The first-order valence-corrected chi connectivity index (χ1v) is 8.65. The second-order valence-electron chi connectivity index (χ2n) is 4.76. The van der Waals surface area contributed by atoms with Crippen molar-refractivity contribution >= 4 is 27.1 Å². The van der Waals surface area contributed by atoms with Crippen LogP contribution in [0.3, 0.4) is 0 Å². The number of nitrogens with one attached hydrogen (secondary N) is 2. The molecular weight excluding hydrogens is 334 g/mol. The Hall–Kier alpha value is -2.72. The molecule has 0 saturated heterocycles. The summed E-state index contributed by atoms with van der Waals surface area (Å²) < 4.78 is 31.0. The van der Waals surface area contributed by atoms with Crippen LogP contribution in [0, 0.1) is 0 Å². The zero-order chi connectivity index (χ0) is 17.6. The highest BCUT2D eigenvalue weighted by Gasteiger charge is 2.04. The maximum Gasteiger partial charge on any atom is 0.261 e. The topological polar surface area (TPSA) is 130 Å². The van der Waals surface area contributed by atoms with E-state index in [4.69, 9.17) is 9.29 Å². The molecule has 3 aromatic rings. The monoisotopic (exact) mass is 351 g/mol. The average molecular weight is 351 g/mol. The summed E-state index contributed by atoms with van der Waals surface area (Å²) in [6.07, 6.45) is 3.82. The summed E-state index contributed by atoms with van der Waals surface area (Å²) in [6.45, 7) is 0.676. The van der Waals surface area contributed by atoms with Crippen molar-refractivity contribution in [3.05, 3.63) is 42.5 Å². The van der Waals surface area contributed by atoms with E-state index in [2.05, 4.69) is 25.3 Å². The Morgan fingerprint density at radius 3 is 2.50 bits per heavy atom. The molecular formula is C14H17N5O4S. The van der Waals surface area contributed by atoms with E-state index in [0.717, 1.165) is 22.6 Å². The summed E-state index contributed by atoms with van der Waals surface area (Å²) in [5.41, 5.74) is 2.62. The third-order valence-corrected chi connectivity index (χ3v) is 2.84. The van der Waals surface area contributed by atoms with Gasteiger partial charge in [-0.3, -0.25) is 4.55 Å². The molecule has 2 aromatic heterocycles. The fourth-order valence-electron chi connectivity index (χ4n) is 1.83. The van der Waals surface area contributed by atoms with Gasteiger partial charge in [-0.25, -0.2) is 15.0 Å². The molecule has 0 bridgehead atoms. The Balaban J connectivity index is 0.000000368. The molecule has 0 aliphatic rings. The fourth-order valence-corrected chi connectivity index (χ4v) is 1.83. The largest absolute Gasteiger partial charge is 0.497 e. The van der Waals surface area contributed by atoms with Crippen molar-refractivity contribution in [2.45, 2.75) is 6.54 Å². The Morgan fingerprint density at radius 2 is 1.88 bits per heavy atom. The Morgan fingerprint density at radius 1 is 1.21 bits per heavy atom. The number of aromatic amines is 1. The zero-order valence-electron chi connectivity index (χ0n) is 13.1. The molecule has 10 heteroatoms. The fraction of sp³-hybridized carbons (Fsp3) is 0.214. The van der Waals surface area contributed by atoms with E-state index in [-0.39, 0.29) is 0 Å². The molecule has 0 unspecified atom stereocenters. The van der Waals surface area contributed by atoms with Crippen LogP contribution in [0.4, 0.5) is 5.82 Å². The number of fused-ring (bicyclic) bond motifs is 1. The minimum absolute atomic E-state index is 0.659. The van der Waals surface area contributed by atoms with Gasteiger partial charge >= 0.3 is 0 Å². The normalized spacial score (nSPS) is 10.8. The lowest BCUT2D eigenvalue weighted by Crippen LogP contribution is -2.02. The number of hydrogen-bond acceptors (Lipinski definition) is 7. The lowest BCUT2D eigenvalue weighted by Gasteiger charge is -2.06. The second kappa shape index (κ2) is 7.70. The van der Waals surface area contributed by atoms with E-state index >= 15 is 0 Å². The first-order chi connectivity index (χ1) is 11.4. The lowest BCUT2D eigenvalue weighted by atomic mass is 10.2. The molecule has 0 radical (unpaired) electrons. The molecule has 24 heavy (non-hydrogen) atoms. The van der Waals surface area contributed by atoms with Crippen LogP contribution in [0.15, 0.2) is 36.9 Å². The van der Waals surface area contributed by atoms with Gasteiger partial charge in [-0.05, 0) is 17.7 Å². The predicted octanol–water partition coefficient (Wildman–Crippen LogP) is 1.48. The molecule has 0 aliphatic carbocycles. The molecule has 9 nitrogen and oxygen atoms in total. The first kappa shape index (κ1) is 17.6. The molecule has 0 fully saturated rings. The SMILES string of the molecule is COc1ccc(CNc2ncnc3nc[nH]c23)cc1.CS(=O)(=O)O. The molecule has 3 N–H and O–H groups in total. The smallest absolute Gasteiger partial charge is 0.261 e. The highest BCUT2D eigenvalue weighted by Crippen LogP contribution is 2.16.